The number of hydrogen-bond donors (Lipinski definition) is 1. The Bertz CT molecular complexity index is 695. The summed E-state index contributed by atoms with van der Waals surface area (Å²) >= 11 is 11.9. The monoisotopic (exact) mass is 374 g/mol. The molecular formula is C16H17Cl2O4P. The van der Waals surface area contributed by atoms with Crippen molar-refractivity contribution in [3.8, 4) is 11.5 Å². The molecule has 1 N–H and O–H groups in total. The fraction of sp³-hybridized carbons (Fsp3) is 0.250. The number of halogens is 2. The van der Waals surface area contributed by atoms with Crippen molar-refractivity contribution >= 4 is 31.0 Å². The van der Waals surface area contributed by atoms with Crippen molar-refractivity contribution in [1.82, 2.24) is 0 Å². The van der Waals surface area contributed by atoms with Gasteiger partial charge in [0.2, 0.25) is 0 Å². The van der Waals surface area contributed by atoms with Crippen LogP contribution in [0.15, 0.2) is 24.3 Å². The van der Waals surface area contributed by atoms with Gasteiger partial charge in [0.25, 0.3) is 0 Å². The summed E-state index contributed by atoms with van der Waals surface area (Å²) in [5, 5.41) is 1.07. The summed E-state index contributed by atoms with van der Waals surface area (Å²) in [6.07, 6.45) is 0. The summed E-state index contributed by atoms with van der Waals surface area (Å²) in [7, 11) is -4.36. The summed E-state index contributed by atoms with van der Waals surface area (Å²) in [6, 6.07) is 6.62. The fourth-order valence-corrected chi connectivity index (χ4v) is 4.06. The number of benzene rings is 2. The van der Waals surface area contributed by atoms with E-state index in [9.17, 15) is 9.46 Å². The van der Waals surface area contributed by atoms with Gasteiger partial charge in [-0.3, -0.25) is 4.89 Å². The standard InChI is InChI=1S/C16H17Cl2O4P/c1-9-5-13(17)6-10(2)15(9)21-23(19,20)22-16-11(3)7-14(18)8-12(16)4/h5-8H,1-4H3,(H,19,20). The van der Waals surface area contributed by atoms with Gasteiger partial charge < -0.3 is 9.05 Å². The van der Waals surface area contributed by atoms with Crippen LogP contribution < -0.4 is 9.05 Å². The van der Waals surface area contributed by atoms with E-state index in [1.165, 1.54) is 0 Å². The second-order valence-electron chi connectivity index (χ2n) is 5.39. The van der Waals surface area contributed by atoms with Gasteiger partial charge in [0, 0.05) is 10.0 Å². The van der Waals surface area contributed by atoms with Gasteiger partial charge in [-0.25, -0.2) is 4.57 Å². The van der Waals surface area contributed by atoms with Crippen LogP contribution in [0.1, 0.15) is 22.3 Å². The first-order valence-corrected chi connectivity index (χ1v) is 9.09. The van der Waals surface area contributed by atoms with E-state index in [1.807, 2.05) is 0 Å². The average molecular weight is 375 g/mol. The summed E-state index contributed by atoms with van der Waals surface area (Å²) in [4.78, 5) is 10.1. The SMILES string of the molecule is Cc1cc(Cl)cc(C)c1OP(=O)(O)Oc1c(C)cc(Cl)cc1C. The van der Waals surface area contributed by atoms with Crippen LogP contribution >= 0.6 is 31.0 Å². The van der Waals surface area contributed by atoms with Gasteiger partial charge in [0.1, 0.15) is 11.5 Å². The molecule has 7 heteroatoms. The van der Waals surface area contributed by atoms with Crippen molar-refractivity contribution in [2.45, 2.75) is 27.7 Å². The Morgan fingerprint density at radius 3 is 1.30 bits per heavy atom. The molecule has 2 aromatic rings. The zero-order chi connectivity index (χ0) is 17.4. The molecule has 0 saturated carbocycles. The second-order valence-corrected chi connectivity index (χ2v) is 7.56. The van der Waals surface area contributed by atoms with Crippen LogP contribution in [0.4, 0.5) is 0 Å². The maximum atomic E-state index is 12.4. The quantitative estimate of drug-likeness (QED) is 0.688. The highest BCUT2D eigenvalue weighted by Crippen LogP contribution is 2.48. The van der Waals surface area contributed by atoms with E-state index in [1.54, 1.807) is 52.0 Å². The van der Waals surface area contributed by atoms with Gasteiger partial charge >= 0.3 is 7.82 Å². The Hall–Kier alpha value is -1.19. The number of hydrogen-bond acceptors (Lipinski definition) is 3. The molecule has 0 amide bonds. The Morgan fingerprint density at radius 1 is 0.783 bits per heavy atom. The molecule has 4 nitrogen and oxygen atoms in total. The lowest BCUT2D eigenvalue weighted by Crippen LogP contribution is -2.04. The van der Waals surface area contributed by atoms with Crippen LogP contribution in [-0.4, -0.2) is 4.89 Å². The molecule has 23 heavy (non-hydrogen) atoms. The smallest absolute Gasteiger partial charge is 0.395 e. The van der Waals surface area contributed by atoms with E-state index < -0.39 is 7.82 Å². The summed E-state index contributed by atoms with van der Waals surface area (Å²) in [6.45, 7) is 6.97. The Kier molecular flexibility index (Phi) is 5.32. The highest BCUT2D eigenvalue weighted by atomic mass is 35.5. The van der Waals surface area contributed by atoms with E-state index in [0.29, 0.717) is 32.3 Å². The minimum atomic E-state index is -4.36. The Balaban J connectivity index is 2.33. The van der Waals surface area contributed by atoms with Crippen molar-refractivity contribution < 1.29 is 18.5 Å². The average Bonchev–Trinajstić information content (AvgIpc) is 2.38. The van der Waals surface area contributed by atoms with Crippen LogP contribution in [-0.2, 0) is 4.57 Å². The van der Waals surface area contributed by atoms with E-state index in [-0.39, 0.29) is 11.5 Å². The van der Waals surface area contributed by atoms with Gasteiger partial charge in [-0.2, -0.15) is 0 Å². The fourth-order valence-electron chi connectivity index (χ4n) is 2.33. The van der Waals surface area contributed by atoms with Crippen LogP contribution in [0.25, 0.3) is 0 Å². The normalized spacial score (nSPS) is 11.4. The molecule has 0 aromatic heterocycles. The van der Waals surface area contributed by atoms with Gasteiger partial charge in [-0.05, 0) is 74.2 Å². The van der Waals surface area contributed by atoms with E-state index in [4.69, 9.17) is 32.2 Å². The molecule has 0 heterocycles. The largest absolute Gasteiger partial charge is 0.584 e. The Morgan fingerprint density at radius 2 is 1.04 bits per heavy atom. The molecule has 0 radical (unpaired) electrons. The highest BCUT2D eigenvalue weighted by Gasteiger charge is 2.28. The predicted octanol–water partition coefficient (Wildman–Crippen LogP) is 5.79. The first-order valence-electron chi connectivity index (χ1n) is 6.84. The number of rotatable bonds is 4. The maximum absolute atomic E-state index is 12.4. The van der Waals surface area contributed by atoms with Crippen molar-refractivity contribution in [3.05, 3.63) is 56.6 Å². The molecule has 0 fully saturated rings. The molecule has 0 aliphatic carbocycles. The van der Waals surface area contributed by atoms with Crippen LogP contribution in [0.2, 0.25) is 10.0 Å². The lowest BCUT2D eigenvalue weighted by atomic mass is 10.1. The van der Waals surface area contributed by atoms with Crippen molar-refractivity contribution in [1.29, 1.82) is 0 Å². The third kappa shape index (κ3) is 4.42. The first kappa shape index (κ1) is 18.2. The number of phosphoric ester groups is 1. The summed E-state index contributed by atoms with van der Waals surface area (Å²) in [5.74, 6) is 0.564. The molecule has 0 bridgehead atoms. The number of aryl methyl sites for hydroxylation is 4. The molecule has 0 atom stereocenters. The summed E-state index contributed by atoms with van der Waals surface area (Å²) in [5.41, 5.74) is 2.60. The second kappa shape index (κ2) is 6.74. The Labute approximate surface area is 145 Å². The zero-order valence-electron chi connectivity index (χ0n) is 13.2. The highest BCUT2D eigenvalue weighted by molar-refractivity contribution is 7.48. The van der Waals surface area contributed by atoms with Gasteiger partial charge in [0.05, 0.1) is 0 Å². The third-order valence-electron chi connectivity index (χ3n) is 3.26. The van der Waals surface area contributed by atoms with Crippen molar-refractivity contribution in [3.63, 3.8) is 0 Å². The lowest BCUT2D eigenvalue weighted by Gasteiger charge is -2.19. The van der Waals surface area contributed by atoms with Gasteiger partial charge in [-0.15, -0.1) is 0 Å². The maximum Gasteiger partial charge on any atom is 0.584 e. The molecule has 0 saturated heterocycles. The van der Waals surface area contributed by atoms with Crippen LogP contribution in [0.3, 0.4) is 0 Å². The molecule has 0 aliphatic heterocycles. The predicted molar refractivity (Wildman–Crippen MR) is 92.9 cm³/mol. The molecule has 124 valence electrons. The van der Waals surface area contributed by atoms with Crippen molar-refractivity contribution in [2.24, 2.45) is 0 Å². The minimum Gasteiger partial charge on any atom is -0.395 e. The topological polar surface area (TPSA) is 55.8 Å². The van der Waals surface area contributed by atoms with E-state index >= 15 is 0 Å². The summed E-state index contributed by atoms with van der Waals surface area (Å²) < 4.78 is 22.9. The lowest BCUT2D eigenvalue weighted by molar-refractivity contribution is 0.288. The van der Waals surface area contributed by atoms with E-state index in [2.05, 4.69) is 0 Å². The number of phosphoric acid groups is 1. The van der Waals surface area contributed by atoms with Gasteiger partial charge in [0.15, 0.2) is 0 Å². The van der Waals surface area contributed by atoms with Crippen molar-refractivity contribution in [2.75, 3.05) is 0 Å². The van der Waals surface area contributed by atoms with Gasteiger partial charge in [-0.1, -0.05) is 23.2 Å². The molecule has 0 spiro atoms. The third-order valence-corrected chi connectivity index (χ3v) is 4.53. The molecular weight excluding hydrogens is 358 g/mol. The zero-order valence-corrected chi connectivity index (χ0v) is 15.6. The minimum absolute atomic E-state index is 0.282. The molecule has 2 aromatic carbocycles. The van der Waals surface area contributed by atoms with Crippen LogP contribution in [0.5, 0.6) is 11.5 Å². The van der Waals surface area contributed by atoms with E-state index in [0.717, 1.165) is 0 Å². The molecule has 2 rings (SSSR count). The first-order chi connectivity index (χ1) is 10.6. The molecule has 0 aliphatic rings. The van der Waals surface area contributed by atoms with Crippen LogP contribution in [0, 0.1) is 27.7 Å². The molecule has 0 unspecified atom stereocenters.